The number of carboxylic acid groups (broad SMARTS) is 1. The predicted molar refractivity (Wildman–Crippen MR) is 266 cm³/mol. The number of carbonyl (C=O) groups is 2. The van der Waals surface area contributed by atoms with Crippen molar-refractivity contribution in [1.29, 1.82) is 0 Å². The fourth-order valence-electron chi connectivity index (χ4n) is 7.85. The van der Waals surface area contributed by atoms with Crippen molar-refractivity contribution in [2.45, 2.75) is 54.6 Å². The number of hydrogen-bond donors (Lipinski definition) is 2. The Kier molecular flexibility index (Phi) is 14.6. The number of aromatic nitrogens is 8. The minimum Gasteiger partial charge on any atom is -0.502 e. The highest BCUT2D eigenvalue weighted by Crippen LogP contribution is 2.33. The van der Waals surface area contributed by atoms with Crippen molar-refractivity contribution in [2.24, 2.45) is 0 Å². The molecule has 0 atom stereocenters. The number of imidazole rings is 2. The number of aromatic hydroxyl groups is 1. The summed E-state index contributed by atoms with van der Waals surface area (Å²) in [5.74, 6) is -2.59. The van der Waals surface area contributed by atoms with Crippen LogP contribution in [0.1, 0.15) is 73.6 Å². The van der Waals surface area contributed by atoms with Gasteiger partial charge in [0, 0.05) is 48.3 Å². The number of carbonyl (C=O) groups excluding carboxylic acids is 1. The molecule has 10 rings (SSSR count). The summed E-state index contributed by atoms with van der Waals surface area (Å²) in [6.45, 7) is 4.74. The van der Waals surface area contributed by atoms with Gasteiger partial charge in [-0.05, 0) is 95.9 Å². The van der Waals surface area contributed by atoms with Crippen molar-refractivity contribution in [1.82, 2.24) is 37.9 Å². The number of esters is 1. The molecule has 0 aliphatic carbocycles. The van der Waals surface area contributed by atoms with E-state index in [1.807, 2.05) is 88.1 Å². The van der Waals surface area contributed by atoms with Crippen LogP contribution in [0.3, 0.4) is 0 Å². The first-order valence-electron chi connectivity index (χ1n) is 20.9. The molecule has 0 radical (unpaired) electrons. The molecular formula is C50H48N8O8S2. The lowest BCUT2D eigenvalue weighted by Gasteiger charge is -2.15. The van der Waals surface area contributed by atoms with Crippen LogP contribution in [-0.2, 0) is 17.8 Å². The molecule has 0 unspecified atom stereocenters. The van der Waals surface area contributed by atoms with E-state index >= 15 is 0 Å². The highest BCUT2D eigenvalue weighted by atomic mass is 32.1. The van der Waals surface area contributed by atoms with E-state index in [0.717, 1.165) is 57.8 Å². The molecule has 10 aromatic rings. The number of hydrogen-bond acceptors (Lipinski definition) is 13. The van der Waals surface area contributed by atoms with Gasteiger partial charge in [0.2, 0.25) is 5.75 Å². The molecule has 18 heteroatoms. The Hall–Kier alpha value is -7.96. The lowest BCUT2D eigenvalue weighted by atomic mass is 10.1. The smallest absolute Gasteiger partial charge is 0.343 e. The molecule has 68 heavy (non-hydrogen) atoms. The molecule has 0 fully saturated rings. The fourth-order valence-corrected chi connectivity index (χ4v) is 9.71. The van der Waals surface area contributed by atoms with Gasteiger partial charge in [0.1, 0.15) is 22.4 Å². The molecule has 0 aliphatic rings. The maximum absolute atomic E-state index is 13.8. The van der Waals surface area contributed by atoms with E-state index in [0.29, 0.717) is 27.0 Å². The van der Waals surface area contributed by atoms with E-state index in [-0.39, 0.29) is 57.0 Å². The summed E-state index contributed by atoms with van der Waals surface area (Å²) in [5.41, 5.74) is 6.78. The summed E-state index contributed by atoms with van der Waals surface area (Å²) in [4.78, 5) is 68.3. The molecule has 10 heterocycles. The van der Waals surface area contributed by atoms with Crippen LogP contribution in [-0.4, -0.2) is 73.2 Å². The molecule has 0 bridgehead atoms. The number of nitrogens with zero attached hydrogens (tertiary/aromatic N) is 8. The largest absolute Gasteiger partial charge is 0.502 e. The third kappa shape index (κ3) is 8.85. The third-order valence-electron chi connectivity index (χ3n) is 11.0. The number of carboxylic acids is 1. The second-order valence-corrected chi connectivity index (χ2v) is 16.7. The van der Waals surface area contributed by atoms with E-state index in [1.165, 1.54) is 27.2 Å². The van der Waals surface area contributed by atoms with E-state index in [9.17, 15) is 29.4 Å². The zero-order valence-corrected chi connectivity index (χ0v) is 37.2. The number of rotatable bonds is 13. The molecule has 16 nitrogen and oxygen atoms in total. The second kappa shape index (κ2) is 20.7. The number of ether oxygens (including phenoxy) is 2. The Morgan fingerprint density at radius 1 is 0.691 bits per heavy atom. The summed E-state index contributed by atoms with van der Waals surface area (Å²) >= 11 is 2.56. The van der Waals surface area contributed by atoms with Crippen LogP contribution in [0, 0.1) is 0 Å². The molecule has 0 aromatic carbocycles. The van der Waals surface area contributed by atoms with Gasteiger partial charge in [-0.1, -0.05) is 28.2 Å². The van der Waals surface area contributed by atoms with Crippen molar-refractivity contribution >= 4 is 66.3 Å². The maximum atomic E-state index is 13.8. The van der Waals surface area contributed by atoms with Crippen LogP contribution in [0.4, 0.5) is 0 Å². The molecule has 348 valence electrons. The topological polar surface area (TPSA) is 197 Å². The first-order valence-corrected chi connectivity index (χ1v) is 22.7. The molecule has 0 saturated heterocycles. The minimum atomic E-state index is -1.33. The van der Waals surface area contributed by atoms with Crippen LogP contribution < -0.4 is 15.9 Å². The van der Waals surface area contributed by atoms with Gasteiger partial charge >= 0.3 is 11.9 Å². The molecule has 0 amide bonds. The minimum absolute atomic E-state index is 0. The molecular weight excluding hydrogens is 905 g/mol. The summed E-state index contributed by atoms with van der Waals surface area (Å²) in [6.07, 6.45) is 15.8. The van der Waals surface area contributed by atoms with Crippen LogP contribution in [0.2, 0.25) is 0 Å². The van der Waals surface area contributed by atoms with Crippen LogP contribution in [0.15, 0.2) is 131 Å². The van der Waals surface area contributed by atoms with Gasteiger partial charge < -0.3 is 28.5 Å². The molecule has 0 spiro atoms. The zero-order chi connectivity index (χ0) is 45.9. The molecule has 2 N–H and O–H groups in total. The number of fused-ring (bicyclic) bond motifs is 4. The monoisotopic (exact) mass is 952 g/mol. The second-order valence-electron chi connectivity index (χ2n) is 14.9. The lowest BCUT2D eigenvalue weighted by molar-refractivity contribution is 0.0523. The number of thiophene rings is 2. The van der Waals surface area contributed by atoms with Crippen LogP contribution in [0.5, 0.6) is 11.5 Å². The highest BCUT2D eigenvalue weighted by Gasteiger charge is 2.27. The van der Waals surface area contributed by atoms with E-state index in [2.05, 4.69) is 19.9 Å². The number of pyridine rings is 6. The number of aromatic carboxylic acids is 1. The Bertz CT molecular complexity index is 3540. The Balaban J connectivity index is 0.000000198. The average Bonchev–Trinajstić information content (AvgIpc) is 4.18. The number of unbranched alkanes of at least 4 members (excludes halogenated alkanes) is 1. The van der Waals surface area contributed by atoms with Gasteiger partial charge in [-0.15, -0.1) is 22.7 Å². The van der Waals surface area contributed by atoms with Crippen molar-refractivity contribution in [2.75, 3.05) is 13.2 Å². The maximum Gasteiger partial charge on any atom is 0.343 e. The normalized spacial score (nSPS) is 11.0. The third-order valence-corrected chi connectivity index (χ3v) is 12.8. The Morgan fingerprint density at radius 2 is 1.19 bits per heavy atom. The standard InChI is InChI=1S/C27H26N4O4S.C21H14N4O4S.2CH4/c1-3-5-14-35-23-22(27(33)34-4-2)24-21(10-15-36-24)31(26(23)32)17-19-16-29-25-20(7-6-13-30(19)25)18-8-11-28-12-9-18;26-17-16(21(28)29)18-15(5-9-30-18)25(20(17)27)11-13-10-23-19-14(2-1-8-24(13)19)12-3-6-22-7-4-12;;/h6-13,15-16H,3-5,14,17H2,1-2H3;1-10,26H,11H2,(H,28,29);2*1H4. The van der Waals surface area contributed by atoms with Gasteiger partial charge in [0.15, 0.2) is 5.75 Å². The van der Waals surface area contributed by atoms with E-state index in [4.69, 9.17) is 9.47 Å². The lowest BCUT2D eigenvalue weighted by Crippen LogP contribution is -2.26. The quantitative estimate of drug-likeness (QED) is 0.0821. The zero-order valence-electron chi connectivity index (χ0n) is 35.5. The summed E-state index contributed by atoms with van der Waals surface area (Å²) in [6, 6.07) is 19.0. The van der Waals surface area contributed by atoms with Gasteiger partial charge in [0.25, 0.3) is 11.1 Å². The summed E-state index contributed by atoms with van der Waals surface area (Å²) in [7, 11) is 0. The SMILES string of the molecule is C.C.CCCCOc1c(C(=O)OCC)c2sccc2n(Cc2cnc3c(-c4ccncc4)cccn23)c1=O.O=C(O)c1c(O)c(=O)n(Cc2cnc3c(-c4ccncc4)cccn23)c2ccsc12. The van der Waals surface area contributed by atoms with E-state index in [1.54, 1.807) is 60.1 Å². The van der Waals surface area contributed by atoms with Crippen molar-refractivity contribution < 1.29 is 29.3 Å². The van der Waals surface area contributed by atoms with Crippen molar-refractivity contribution in [3.05, 3.63) is 164 Å². The molecule has 0 saturated carbocycles. The molecule has 10 aromatic heterocycles. The van der Waals surface area contributed by atoms with Crippen molar-refractivity contribution in [3.8, 4) is 33.8 Å². The summed E-state index contributed by atoms with van der Waals surface area (Å²) < 4.78 is 19.1. The molecule has 0 aliphatic heterocycles. The predicted octanol–water partition coefficient (Wildman–Crippen LogP) is 9.67. The van der Waals surface area contributed by atoms with Gasteiger partial charge in [-0.3, -0.25) is 28.7 Å². The van der Waals surface area contributed by atoms with E-state index < -0.39 is 23.2 Å². The van der Waals surface area contributed by atoms with Crippen molar-refractivity contribution in [3.63, 3.8) is 0 Å². The fraction of sp³-hybridized carbons (Fsp3) is 0.200. The Labute approximate surface area is 397 Å². The van der Waals surface area contributed by atoms with Gasteiger partial charge in [-0.25, -0.2) is 19.6 Å². The Morgan fingerprint density at radius 3 is 1.68 bits per heavy atom. The highest BCUT2D eigenvalue weighted by molar-refractivity contribution is 7.17. The van der Waals surface area contributed by atoms with Crippen LogP contribution in [0.25, 0.3) is 54.0 Å². The average molecular weight is 953 g/mol. The first-order chi connectivity index (χ1) is 32.2. The summed E-state index contributed by atoms with van der Waals surface area (Å²) in [5, 5.41) is 23.2. The van der Waals surface area contributed by atoms with Gasteiger partial charge in [0.05, 0.1) is 70.5 Å². The van der Waals surface area contributed by atoms with Gasteiger partial charge in [-0.2, -0.15) is 0 Å². The van der Waals surface area contributed by atoms with Crippen LogP contribution >= 0.6 is 22.7 Å². The first kappa shape index (κ1) is 48.0.